The topological polar surface area (TPSA) is 49.4 Å². The van der Waals surface area contributed by atoms with Gasteiger partial charge in [-0.25, -0.2) is 0 Å². The van der Waals surface area contributed by atoms with Gasteiger partial charge >= 0.3 is 0 Å². The van der Waals surface area contributed by atoms with Gasteiger partial charge in [0.25, 0.3) is 0 Å². The lowest BCUT2D eigenvalue weighted by Gasteiger charge is -2.45. The first kappa shape index (κ1) is 18.4. The Morgan fingerprint density at radius 2 is 1.62 bits per heavy atom. The van der Waals surface area contributed by atoms with Crippen LogP contribution in [-0.2, 0) is 9.59 Å². The minimum atomic E-state index is -0.217. The quantitative estimate of drug-likeness (QED) is 0.869. The van der Waals surface area contributed by atoms with Gasteiger partial charge in [-0.2, -0.15) is 0 Å². The molecular formula is C25H28N2O2. The molecule has 2 unspecified atom stereocenters. The number of amides is 2. The van der Waals surface area contributed by atoms with Crippen LogP contribution in [0.2, 0.25) is 0 Å². The molecular weight excluding hydrogens is 360 g/mol. The Balaban J connectivity index is 1.34. The fourth-order valence-electron chi connectivity index (χ4n) is 5.74. The van der Waals surface area contributed by atoms with Gasteiger partial charge in [0.15, 0.2) is 0 Å². The first-order valence-corrected chi connectivity index (χ1v) is 10.8. The van der Waals surface area contributed by atoms with Crippen molar-refractivity contribution >= 4 is 11.8 Å². The molecule has 150 valence electrons. The summed E-state index contributed by atoms with van der Waals surface area (Å²) in [5, 5.41) is 3.20. The number of likely N-dealkylation sites (tertiary alicyclic amines) is 1. The zero-order chi connectivity index (χ0) is 20.1. The first-order chi connectivity index (χ1) is 14.0. The van der Waals surface area contributed by atoms with E-state index in [1.807, 2.05) is 18.7 Å². The molecule has 2 bridgehead atoms. The lowest BCUT2D eigenvalue weighted by Crippen LogP contribution is -2.41. The van der Waals surface area contributed by atoms with Crippen LogP contribution in [0.4, 0.5) is 0 Å². The number of hydrogen-bond donors (Lipinski definition) is 1. The molecule has 0 aromatic heterocycles. The molecule has 6 rings (SSSR count). The minimum Gasteiger partial charge on any atom is -0.355 e. The number of nitrogens with one attached hydrogen (secondary N) is 1. The van der Waals surface area contributed by atoms with Crippen molar-refractivity contribution in [2.45, 2.75) is 44.6 Å². The fourth-order valence-corrected chi connectivity index (χ4v) is 5.74. The lowest BCUT2D eigenvalue weighted by atomic mass is 9.59. The summed E-state index contributed by atoms with van der Waals surface area (Å²) in [5.74, 6) is 1.06. The van der Waals surface area contributed by atoms with E-state index in [0.29, 0.717) is 37.3 Å². The highest BCUT2D eigenvalue weighted by atomic mass is 16.2. The van der Waals surface area contributed by atoms with Crippen molar-refractivity contribution < 1.29 is 9.59 Å². The maximum Gasteiger partial charge on any atom is 0.225 e. The Morgan fingerprint density at radius 1 is 1.03 bits per heavy atom. The van der Waals surface area contributed by atoms with Crippen LogP contribution in [0.3, 0.4) is 0 Å². The van der Waals surface area contributed by atoms with Gasteiger partial charge in [-0.05, 0) is 48.4 Å². The number of rotatable bonds is 4. The van der Waals surface area contributed by atoms with Crippen LogP contribution >= 0.6 is 0 Å². The molecule has 29 heavy (non-hydrogen) atoms. The van der Waals surface area contributed by atoms with E-state index in [-0.39, 0.29) is 23.8 Å². The molecule has 0 radical (unpaired) electrons. The van der Waals surface area contributed by atoms with E-state index in [2.05, 4.69) is 53.8 Å². The Hall–Kier alpha value is -2.62. The zero-order valence-electron chi connectivity index (χ0n) is 17.1. The molecule has 4 aliphatic rings. The summed E-state index contributed by atoms with van der Waals surface area (Å²) >= 11 is 0. The van der Waals surface area contributed by atoms with Gasteiger partial charge in [-0.1, -0.05) is 48.5 Å². The average Bonchev–Trinajstić information content (AvgIpc) is 3.14. The molecule has 0 saturated carbocycles. The summed E-state index contributed by atoms with van der Waals surface area (Å²) in [6.45, 7) is 5.23. The molecule has 1 heterocycles. The minimum absolute atomic E-state index is 0.0320. The first-order valence-electron chi connectivity index (χ1n) is 10.8. The molecule has 3 aliphatic carbocycles. The normalized spacial score (nSPS) is 27.1. The highest BCUT2D eigenvalue weighted by Crippen LogP contribution is 2.55. The summed E-state index contributed by atoms with van der Waals surface area (Å²) in [5.41, 5.74) is 5.74. The third-order valence-corrected chi connectivity index (χ3v) is 7.11. The number of fused-ring (bicyclic) bond motifs is 1. The number of nitrogens with zero attached hydrogens (tertiary/aromatic N) is 1. The maximum absolute atomic E-state index is 12.8. The highest BCUT2D eigenvalue weighted by molar-refractivity contribution is 5.89. The largest absolute Gasteiger partial charge is 0.355 e. The predicted octanol–water partition coefficient (Wildman–Crippen LogP) is 3.66. The van der Waals surface area contributed by atoms with Gasteiger partial charge in [0.1, 0.15) is 0 Å². The monoisotopic (exact) mass is 388 g/mol. The van der Waals surface area contributed by atoms with E-state index in [1.54, 1.807) is 0 Å². The van der Waals surface area contributed by atoms with Gasteiger partial charge < -0.3 is 10.2 Å². The van der Waals surface area contributed by atoms with Crippen LogP contribution in [0, 0.1) is 11.8 Å². The van der Waals surface area contributed by atoms with Gasteiger partial charge in [-0.3, -0.25) is 9.59 Å². The maximum atomic E-state index is 12.8. The van der Waals surface area contributed by atoms with Crippen LogP contribution in [0.25, 0.3) is 0 Å². The van der Waals surface area contributed by atoms with E-state index in [0.717, 1.165) is 6.42 Å². The van der Waals surface area contributed by atoms with E-state index in [1.165, 1.54) is 22.3 Å². The summed E-state index contributed by atoms with van der Waals surface area (Å²) in [4.78, 5) is 26.8. The second kappa shape index (κ2) is 7.01. The van der Waals surface area contributed by atoms with Gasteiger partial charge in [-0.15, -0.1) is 0 Å². The summed E-state index contributed by atoms with van der Waals surface area (Å²) < 4.78 is 0. The number of carbonyl (C=O) groups excluding carboxylic acids is 2. The average molecular weight is 389 g/mol. The second-order valence-corrected chi connectivity index (χ2v) is 9.07. The number of benzene rings is 2. The number of carbonyl (C=O) groups is 2. The summed E-state index contributed by atoms with van der Waals surface area (Å²) in [6.07, 6.45) is 1.41. The third kappa shape index (κ3) is 2.97. The Bertz CT molecular complexity index is 919. The van der Waals surface area contributed by atoms with E-state index < -0.39 is 0 Å². The zero-order valence-corrected chi connectivity index (χ0v) is 17.1. The molecule has 2 aromatic rings. The molecule has 2 atom stereocenters. The third-order valence-electron chi connectivity index (χ3n) is 7.11. The van der Waals surface area contributed by atoms with Crippen LogP contribution in [0.1, 0.15) is 60.8 Å². The van der Waals surface area contributed by atoms with Gasteiger partial charge in [0.2, 0.25) is 11.8 Å². The SMILES string of the molecule is CC(C)N1CC(C(=O)NCC2CC3c4ccccc4C2c2ccccc23)CC1=O. The van der Waals surface area contributed by atoms with E-state index in [9.17, 15) is 9.59 Å². The van der Waals surface area contributed by atoms with Gasteiger partial charge in [0.05, 0.1) is 5.92 Å². The number of hydrogen-bond acceptors (Lipinski definition) is 2. The lowest BCUT2D eigenvalue weighted by molar-refractivity contribution is -0.130. The second-order valence-electron chi connectivity index (χ2n) is 9.07. The molecule has 4 heteroatoms. The standard InChI is InChI=1S/C25H28N2O2/c1-15(2)27-14-17(12-23(27)28)25(29)26-13-16-11-22-18-7-3-5-9-20(18)24(16)21-10-6-4-8-19(21)22/h3-10,15-17,22,24H,11-14H2,1-2H3,(H,26,29). The summed E-state index contributed by atoms with van der Waals surface area (Å²) in [6, 6.07) is 17.7. The Morgan fingerprint density at radius 3 is 2.17 bits per heavy atom. The molecule has 1 saturated heterocycles. The van der Waals surface area contributed by atoms with Crippen molar-refractivity contribution in [1.29, 1.82) is 0 Å². The van der Waals surface area contributed by atoms with Crippen molar-refractivity contribution in [1.82, 2.24) is 10.2 Å². The van der Waals surface area contributed by atoms with Crippen LogP contribution in [0.15, 0.2) is 48.5 Å². The smallest absolute Gasteiger partial charge is 0.225 e. The van der Waals surface area contributed by atoms with Crippen LogP contribution < -0.4 is 5.32 Å². The van der Waals surface area contributed by atoms with Crippen molar-refractivity contribution in [2.75, 3.05) is 13.1 Å². The molecule has 2 aromatic carbocycles. The van der Waals surface area contributed by atoms with Crippen LogP contribution in [-0.4, -0.2) is 35.8 Å². The fraction of sp³-hybridized carbons (Fsp3) is 0.440. The predicted molar refractivity (Wildman–Crippen MR) is 113 cm³/mol. The van der Waals surface area contributed by atoms with Gasteiger partial charge in [0, 0.05) is 37.4 Å². The van der Waals surface area contributed by atoms with Crippen LogP contribution in [0.5, 0.6) is 0 Å². The van der Waals surface area contributed by atoms with E-state index >= 15 is 0 Å². The summed E-state index contributed by atoms with van der Waals surface area (Å²) in [7, 11) is 0. The van der Waals surface area contributed by atoms with Crippen molar-refractivity contribution in [3.63, 3.8) is 0 Å². The molecule has 1 N–H and O–H groups in total. The molecule has 0 spiro atoms. The Kier molecular flexibility index (Phi) is 4.45. The highest BCUT2D eigenvalue weighted by Gasteiger charge is 2.43. The van der Waals surface area contributed by atoms with Crippen molar-refractivity contribution in [3.05, 3.63) is 70.8 Å². The molecule has 1 fully saturated rings. The molecule has 4 nitrogen and oxygen atoms in total. The van der Waals surface area contributed by atoms with E-state index in [4.69, 9.17) is 0 Å². The molecule has 2 amide bonds. The van der Waals surface area contributed by atoms with Crippen molar-refractivity contribution in [3.8, 4) is 0 Å². The van der Waals surface area contributed by atoms with Crippen molar-refractivity contribution in [2.24, 2.45) is 11.8 Å². The molecule has 1 aliphatic heterocycles. The Labute approximate surface area is 172 Å².